The molecule has 0 spiro atoms. The van der Waals surface area contributed by atoms with Crippen LogP contribution >= 0.6 is 0 Å². The van der Waals surface area contributed by atoms with E-state index in [-0.39, 0.29) is 23.8 Å². The zero-order valence-corrected chi connectivity index (χ0v) is 18.6. The van der Waals surface area contributed by atoms with Crippen LogP contribution in [0.3, 0.4) is 0 Å². The van der Waals surface area contributed by atoms with Crippen molar-refractivity contribution in [1.82, 2.24) is 19.7 Å². The average Bonchev–Trinajstić information content (AvgIpc) is 3.03. The van der Waals surface area contributed by atoms with Crippen LogP contribution in [0.4, 0.5) is 22.4 Å². The van der Waals surface area contributed by atoms with Crippen molar-refractivity contribution in [3.05, 3.63) is 54.1 Å². The zero-order chi connectivity index (χ0) is 25.0. The third kappa shape index (κ3) is 4.06. The van der Waals surface area contributed by atoms with Gasteiger partial charge in [-0.2, -0.15) is 5.10 Å². The van der Waals surface area contributed by atoms with Gasteiger partial charge in [-0.15, -0.1) is 13.2 Å². The molecule has 7 nitrogen and oxygen atoms in total. The van der Waals surface area contributed by atoms with Gasteiger partial charge >= 0.3 is 12.5 Å². The third-order valence-electron chi connectivity index (χ3n) is 5.82. The van der Waals surface area contributed by atoms with Gasteiger partial charge < -0.3 is 14.7 Å². The molecule has 2 atom stereocenters. The Morgan fingerprint density at radius 2 is 1.97 bits per heavy atom. The largest absolute Gasteiger partial charge is 0.573 e. The molecule has 0 aliphatic carbocycles. The number of rotatable bonds is 4. The molecule has 34 heavy (non-hydrogen) atoms. The van der Waals surface area contributed by atoms with Crippen LogP contribution < -0.4 is 4.74 Å². The molecule has 1 aliphatic heterocycles. The van der Waals surface area contributed by atoms with E-state index in [9.17, 15) is 27.5 Å². The van der Waals surface area contributed by atoms with E-state index in [1.165, 1.54) is 15.8 Å². The molecule has 4 rings (SSSR count). The van der Waals surface area contributed by atoms with Gasteiger partial charge in [-0.3, -0.25) is 0 Å². The molecule has 2 unspecified atom stereocenters. The number of aromatic nitrogens is 3. The standard InChI is InChI=1S/C23H22F4N4O3/c1-5-12-8-9-28-20-17(12)18(14-11-30(21(32)33)19(14)22(2,3)4)29-31(20)16-7-6-13(10-15(16)24)34-23(25,26)27/h5-10,14,19H,1,11H2,2-4H3,(H,32,33). The number of likely N-dealkylation sites (tertiary alicyclic amines) is 1. The van der Waals surface area contributed by atoms with Crippen LogP contribution in [0.15, 0.2) is 37.0 Å². The minimum absolute atomic E-state index is 0.124. The van der Waals surface area contributed by atoms with Crippen molar-refractivity contribution in [2.75, 3.05) is 6.54 Å². The van der Waals surface area contributed by atoms with Gasteiger partial charge in [0.15, 0.2) is 11.5 Å². The molecule has 1 N–H and O–H groups in total. The Kier molecular flexibility index (Phi) is 5.53. The molecule has 0 bridgehead atoms. The number of halogens is 4. The molecule has 3 heterocycles. The molecule has 1 fully saturated rings. The highest BCUT2D eigenvalue weighted by molar-refractivity contribution is 5.89. The van der Waals surface area contributed by atoms with Crippen molar-refractivity contribution in [1.29, 1.82) is 0 Å². The van der Waals surface area contributed by atoms with Crippen molar-refractivity contribution in [3.8, 4) is 11.4 Å². The normalized spacial score (nSPS) is 18.6. The maximum absolute atomic E-state index is 14.9. The summed E-state index contributed by atoms with van der Waals surface area (Å²) in [7, 11) is 0. The molecular formula is C23H22F4N4O3. The second kappa shape index (κ2) is 8.00. The number of hydrogen-bond acceptors (Lipinski definition) is 4. The Balaban J connectivity index is 1.87. The van der Waals surface area contributed by atoms with E-state index in [2.05, 4.69) is 21.4 Å². The number of amides is 1. The van der Waals surface area contributed by atoms with E-state index >= 15 is 0 Å². The lowest BCUT2D eigenvalue weighted by atomic mass is 9.70. The molecule has 0 radical (unpaired) electrons. The number of nitrogens with zero attached hydrogens (tertiary/aromatic N) is 4. The second-order valence-electron chi connectivity index (χ2n) is 9.11. The van der Waals surface area contributed by atoms with Crippen molar-refractivity contribution < 1.29 is 32.2 Å². The number of fused-ring (bicyclic) bond motifs is 1. The van der Waals surface area contributed by atoms with Gasteiger partial charge in [0.1, 0.15) is 11.4 Å². The smallest absolute Gasteiger partial charge is 0.465 e. The number of alkyl halides is 3. The summed E-state index contributed by atoms with van der Waals surface area (Å²) in [4.78, 5) is 17.4. The van der Waals surface area contributed by atoms with Crippen molar-refractivity contribution in [3.63, 3.8) is 0 Å². The summed E-state index contributed by atoms with van der Waals surface area (Å²) in [5.74, 6) is -2.00. The zero-order valence-electron chi connectivity index (χ0n) is 18.6. The number of ether oxygens (including phenoxy) is 1. The summed E-state index contributed by atoms with van der Waals surface area (Å²) in [6, 6.07) is 4.05. The van der Waals surface area contributed by atoms with Crippen LogP contribution in [-0.2, 0) is 0 Å². The van der Waals surface area contributed by atoms with Crippen molar-refractivity contribution >= 4 is 23.2 Å². The minimum atomic E-state index is -4.96. The lowest BCUT2D eigenvalue weighted by molar-refractivity contribution is -0.274. The first-order valence-electron chi connectivity index (χ1n) is 10.4. The minimum Gasteiger partial charge on any atom is -0.465 e. The average molecular weight is 478 g/mol. The van der Waals surface area contributed by atoms with E-state index in [0.717, 1.165) is 12.1 Å². The predicted molar refractivity (Wildman–Crippen MR) is 116 cm³/mol. The molecule has 180 valence electrons. The Labute approximate surface area is 192 Å². The van der Waals surface area contributed by atoms with E-state index in [4.69, 9.17) is 0 Å². The van der Waals surface area contributed by atoms with Crippen LogP contribution in [0.5, 0.6) is 5.75 Å². The van der Waals surface area contributed by atoms with Crippen molar-refractivity contribution in [2.24, 2.45) is 5.41 Å². The van der Waals surface area contributed by atoms with Gasteiger partial charge in [0.05, 0.1) is 17.1 Å². The molecule has 1 amide bonds. The molecule has 0 saturated carbocycles. The monoisotopic (exact) mass is 478 g/mol. The third-order valence-corrected chi connectivity index (χ3v) is 5.82. The van der Waals surface area contributed by atoms with Crippen LogP contribution in [0.25, 0.3) is 22.8 Å². The molecule has 1 aromatic carbocycles. The summed E-state index contributed by atoms with van der Waals surface area (Å²) >= 11 is 0. The fourth-order valence-electron chi connectivity index (χ4n) is 4.56. The molecule has 2 aromatic heterocycles. The first kappa shape index (κ1) is 23.5. The quantitative estimate of drug-likeness (QED) is 0.495. The van der Waals surface area contributed by atoms with Crippen LogP contribution in [0, 0.1) is 11.2 Å². The highest BCUT2D eigenvalue weighted by atomic mass is 19.4. The Bertz CT molecular complexity index is 1280. The van der Waals surface area contributed by atoms with Gasteiger partial charge in [0.25, 0.3) is 0 Å². The Morgan fingerprint density at radius 1 is 1.26 bits per heavy atom. The lowest BCUT2D eigenvalue weighted by Crippen LogP contribution is -2.62. The summed E-state index contributed by atoms with van der Waals surface area (Å²) in [6.45, 7) is 9.77. The Hall–Kier alpha value is -3.63. The summed E-state index contributed by atoms with van der Waals surface area (Å²) < 4.78 is 57.5. The topological polar surface area (TPSA) is 80.5 Å². The Morgan fingerprint density at radius 3 is 2.53 bits per heavy atom. The lowest BCUT2D eigenvalue weighted by Gasteiger charge is -2.52. The molecule has 1 aliphatic rings. The fraction of sp³-hybridized carbons (Fsp3) is 0.348. The van der Waals surface area contributed by atoms with Gasteiger partial charge in [-0.25, -0.2) is 18.9 Å². The highest BCUT2D eigenvalue weighted by Gasteiger charge is 2.50. The summed E-state index contributed by atoms with van der Waals surface area (Å²) in [5, 5.41) is 14.8. The highest BCUT2D eigenvalue weighted by Crippen LogP contribution is 2.46. The van der Waals surface area contributed by atoms with Gasteiger partial charge in [-0.05, 0) is 29.2 Å². The molecule has 3 aromatic rings. The van der Waals surface area contributed by atoms with E-state index in [0.29, 0.717) is 22.7 Å². The fourth-order valence-corrected chi connectivity index (χ4v) is 4.56. The summed E-state index contributed by atoms with van der Waals surface area (Å²) in [6.07, 6.45) is -2.92. The van der Waals surface area contributed by atoms with Crippen LogP contribution in [0.2, 0.25) is 0 Å². The number of carboxylic acid groups (broad SMARTS) is 1. The first-order chi connectivity index (χ1) is 15.8. The number of hydrogen-bond donors (Lipinski definition) is 1. The summed E-state index contributed by atoms with van der Waals surface area (Å²) in [5.41, 5.74) is 0.921. The van der Waals surface area contributed by atoms with Gasteiger partial charge in [0.2, 0.25) is 0 Å². The van der Waals surface area contributed by atoms with E-state index in [1.807, 2.05) is 20.8 Å². The van der Waals surface area contributed by atoms with Crippen LogP contribution in [-0.4, -0.2) is 49.8 Å². The number of pyridine rings is 1. The molecule has 1 saturated heterocycles. The number of carbonyl (C=O) groups is 1. The maximum atomic E-state index is 14.9. The van der Waals surface area contributed by atoms with Crippen molar-refractivity contribution in [2.45, 2.75) is 39.1 Å². The van der Waals surface area contributed by atoms with Gasteiger partial charge in [-0.1, -0.05) is 33.4 Å². The molecule has 11 heteroatoms. The first-order valence-corrected chi connectivity index (χ1v) is 10.4. The molecular weight excluding hydrogens is 456 g/mol. The van der Waals surface area contributed by atoms with Gasteiger partial charge in [0, 0.05) is 24.7 Å². The van der Waals surface area contributed by atoms with E-state index < -0.39 is 35.5 Å². The second-order valence-corrected chi connectivity index (χ2v) is 9.11. The maximum Gasteiger partial charge on any atom is 0.573 e. The number of benzene rings is 1. The SMILES string of the molecule is C=Cc1ccnc2c1c(C1CN(C(=O)O)C1C(C)(C)C)nn2-c1ccc(OC(F)(F)F)cc1F. The van der Waals surface area contributed by atoms with Crippen LogP contribution in [0.1, 0.15) is 37.9 Å². The predicted octanol–water partition coefficient (Wildman–Crippen LogP) is 5.59. The van der Waals surface area contributed by atoms with E-state index in [1.54, 1.807) is 12.1 Å².